The van der Waals surface area contributed by atoms with Crippen molar-refractivity contribution in [2.24, 2.45) is 5.92 Å². The Morgan fingerprint density at radius 3 is 2.38 bits per heavy atom. The number of ether oxygens (including phenoxy) is 3. The minimum absolute atomic E-state index is 0.181. The summed E-state index contributed by atoms with van der Waals surface area (Å²) in [5.74, 6) is -2.66. The second-order valence-corrected chi connectivity index (χ2v) is 9.99. The van der Waals surface area contributed by atoms with Crippen molar-refractivity contribution in [3.63, 3.8) is 0 Å². The number of Topliss-reactive ketones (excluding diaryl/α,β-unsaturated/α-hetero) is 1. The van der Waals surface area contributed by atoms with Crippen LogP contribution < -0.4 is 10.1 Å². The summed E-state index contributed by atoms with van der Waals surface area (Å²) in [5, 5.41) is 5.39. The lowest BCUT2D eigenvalue weighted by Gasteiger charge is -2.39. The van der Waals surface area contributed by atoms with Crippen molar-refractivity contribution in [3.8, 4) is 5.75 Å². The smallest absolute Gasteiger partial charge is 0.336 e. The van der Waals surface area contributed by atoms with Crippen LogP contribution in [0.3, 0.4) is 0 Å². The van der Waals surface area contributed by atoms with Gasteiger partial charge < -0.3 is 19.5 Å². The van der Waals surface area contributed by atoms with E-state index in [1.165, 1.54) is 11.3 Å². The molecule has 1 aliphatic carbocycles. The van der Waals surface area contributed by atoms with Gasteiger partial charge in [-0.3, -0.25) is 9.59 Å². The van der Waals surface area contributed by atoms with Gasteiger partial charge in [-0.2, -0.15) is 0 Å². The molecule has 0 unspecified atom stereocenters. The molecule has 0 fully saturated rings. The monoisotopic (exact) mass is 523 g/mol. The van der Waals surface area contributed by atoms with Crippen molar-refractivity contribution in [3.05, 3.63) is 74.8 Å². The van der Waals surface area contributed by atoms with Gasteiger partial charge in [0.1, 0.15) is 11.7 Å². The van der Waals surface area contributed by atoms with Gasteiger partial charge in [0.05, 0.1) is 25.9 Å². The molecule has 1 aliphatic heterocycles. The number of dihydropyridines is 1. The van der Waals surface area contributed by atoms with E-state index >= 15 is 0 Å². The Morgan fingerprint density at radius 2 is 1.78 bits per heavy atom. The first-order valence-corrected chi connectivity index (χ1v) is 13.6. The zero-order valence-electron chi connectivity index (χ0n) is 21.7. The normalized spacial score (nSPS) is 21.3. The van der Waals surface area contributed by atoms with E-state index < -0.39 is 23.8 Å². The van der Waals surface area contributed by atoms with Crippen LogP contribution in [0.1, 0.15) is 62.3 Å². The minimum atomic E-state index is -0.990. The van der Waals surface area contributed by atoms with Crippen LogP contribution in [0.5, 0.6) is 5.75 Å². The van der Waals surface area contributed by atoms with E-state index in [0.717, 1.165) is 28.3 Å². The second-order valence-electron chi connectivity index (χ2n) is 9.01. The number of ketones is 1. The Morgan fingerprint density at radius 1 is 1.05 bits per heavy atom. The largest absolute Gasteiger partial charge is 0.497 e. The SMILES string of the molecule is CCCC1=C(C(=O)OCC)[C@H](c2ccc(OC)cc2)C2=C(C[C@H](c3cccs3)[C@@H](C(=O)OCC)C2=O)N1. The van der Waals surface area contributed by atoms with Gasteiger partial charge in [0.15, 0.2) is 5.78 Å². The molecule has 0 spiro atoms. The number of esters is 2. The van der Waals surface area contributed by atoms with Crippen LogP contribution in [-0.2, 0) is 23.9 Å². The second kappa shape index (κ2) is 11.8. The van der Waals surface area contributed by atoms with Gasteiger partial charge in [0.2, 0.25) is 0 Å². The molecule has 3 atom stereocenters. The molecule has 1 aromatic carbocycles. The van der Waals surface area contributed by atoms with Crippen LogP contribution in [-0.4, -0.2) is 38.0 Å². The fourth-order valence-corrected chi connectivity index (χ4v) is 6.11. The first-order chi connectivity index (χ1) is 17.9. The zero-order valence-corrected chi connectivity index (χ0v) is 22.5. The Balaban J connectivity index is 1.91. The van der Waals surface area contributed by atoms with Crippen LogP contribution in [0.15, 0.2) is 64.3 Å². The predicted octanol–water partition coefficient (Wildman–Crippen LogP) is 5.25. The molecule has 7 nitrogen and oxygen atoms in total. The van der Waals surface area contributed by atoms with Crippen molar-refractivity contribution in [2.75, 3.05) is 20.3 Å². The van der Waals surface area contributed by atoms with E-state index in [1.54, 1.807) is 21.0 Å². The first-order valence-electron chi connectivity index (χ1n) is 12.7. The van der Waals surface area contributed by atoms with E-state index in [4.69, 9.17) is 14.2 Å². The van der Waals surface area contributed by atoms with Crippen LogP contribution in [0, 0.1) is 5.92 Å². The summed E-state index contributed by atoms with van der Waals surface area (Å²) in [6.45, 7) is 5.93. The summed E-state index contributed by atoms with van der Waals surface area (Å²) in [4.78, 5) is 41.8. The number of allylic oxidation sites excluding steroid dienone is 3. The average molecular weight is 524 g/mol. The van der Waals surface area contributed by atoms with E-state index in [-0.39, 0.29) is 24.9 Å². The Hall–Kier alpha value is -3.39. The third kappa shape index (κ3) is 5.21. The molecular weight excluding hydrogens is 490 g/mol. The Kier molecular flexibility index (Phi) is 8.48. The van der Waals surface area contributed by atoms with Gasteiger partial charge in [0.25, 0.3) is 0 Å². The highest BCUT2D eigenvalue weighted by Gasteiger charge is 2.49. The van der Waals surface area contributed by atoms with Crippen LogP contribution in [0.2, 0.25) is 0 Å². The number of carbonyl (C=O) groups excluding carboxylic acids is 3. The molecular formula is C29H33NO6S. The average Bonchev–Trinajstić information content (AvgIpc) is 3.43. The summed E-state index contributed by atoms with van der Waals surface area (Å²) >= 11 is 1.52. The molecule has 2 aromatic rings. The topological polar surface area (TPSA) is 90.9 Å². The fraction of sp³-hybridized carbons (Fsp3) is 0.414. The molecule has 2 aliphatic rings. The molecule has 0 bridgehead atoms. The van der Waals surface area contributed by atoms with Gasteiger partial charge in [-0.05, 0) is 55.8 Å². The molecule has 0 saturated carbocycles. The maximum atomic E-state index is 14.3. The molecule has 0 amide bonds. The van der Waals surface area contributed by atoms with Crippen molar-refractivity contribution >= 4 is 29.1 Å². The van der Waals surface area contributed by atoms with Gasteiger partial charge in [0, 0.05) is 33.7 Å². The van der Waals surface area contributed by atoms with Crippen molar-refractivity contribution in [2.45, 2.75) is 51.9 Å². The third-order valence-corrected chi connectivity index (χ3v) is 7.80. The van der Waals surface area contributed by atoms with E-state index in [9.17, 15) is 14.4 Å². The predicted molar refractivity (Wildman–Crippen MR) is 141 cm³/mol. The quantitative estimate of drug-likeness (QED) is 0.355. The third-order valence-electron chi connectivity index (χ3n) is 6.80. The lowest BCUT2D eigenvalue weighted by atomic mass is 9.68. The van der Waals surface area contributed by atoms with Gasteiger partial charge in [-0.15, -0.1) is 11.3 Å². The summed E-state index contributed by atoms with van der Waals surface area (Å²) in [6, 6.07) is 11.2. The number of methoxy groups -OCH3 is 1. The first kappa shape index (κ1) is 26.7. The molecule has 0 saturated heterocycles. The fourth-order valence-electron chi connectivity index (χ4n) is 5.25. The highest BCUT2D eigenvalue weighted by atomic mass is 32.1. The van der Waals surface area contributed by atoms with Gasteiger partial charge >= 0.3 is 11.9 Å². The summed E-state index contributed by atoms with van der Waals surface area (Å²) in [7, 11) is 1.59. The van der Waals surface area contributed by atoms with Crippen molar-refractivity contribution < 1.29 is 28.6 Å². The zero-order chi connectivity index (χ0) is 26.5. The standard InChI is InChI=1S/C29H33NO6S/c1-5-9-20-26(29(33)36-7-3)23(17-11-13-18(34-4)14-12-17)25-21(30-20)16-19(22-10-8-15-37-22)24(27(25)31)28(32)35-6-2/h8,10-15,19,23-24,30H,5-7,9,16H2,1-4H3/t19-,23-,24-/m1/s1. The Bertz CT molecular complexity index is 1210. The molecule has 2 heterocycles. The molecule has 37 heavy (non-hydrogen) atoms. The van der Waals surface area contributed by atoms with E-state index in [0.29, 0.717) is 29.7 Å². The van der Waals surface area contributed by atoms with E-state index in [1.807, 2.05) is 48.7 Å². The molecule has 0 radical (unpaired) electrons. The number of rotatable bonds is 9. The van der Waals surface area contributed by atoms with Crippen LogP contribution in [0.25, 0.3) is 0 Å². The summed E-state index contributed by atoms with van der Waals surface area (Å²) in [6.07, 6.45) is 1.88. The Labute approximate surface area is 221 Å². The van der Waals surface area contributed by atoms with Gasteiger partial charge in [-0.1, -0.05) is 31.5 Å². The lowest BCUT2D eigenvalue weighted by Crippen LogP contribution is -2.43. The summed E-state index contributed by atoms with van der Waals surface area (Å²) in [5.41, 5.74) is 3.11. The number of carbonyl (C=O) groups is 3. The molecule has 8 heteroatoms. The minimum Gasteiger partial charge on any atom is -0.497 e. The van der Waals surface area contributed by atoms with Crippen LogP contribution in [0.4, 0.5) is 0 Å². The number of nitrogens with one attached hydrogen (secondary N) is 1. The highest BCUT2D eigenvalue weighted by molar-refractivity contribution is 7.10. The molecule has 196 valence electrons. The number of thiophene rings is 1. The van der Waals surface area contributed by atoms with Gasteiger partial charge in [-0.25, -0.2) is 4.79 Å². The lowest BCUT2D eigenvalue weighted by molar-refractivity contribution is -0.152. The number of hydrogen-bond donors (Lipinski definition) is 1. The molecule has 4 rings (SSSR count). The van der Waals surface area contributed by atoms with Crippen molar-refractivity contribution in [1.82, 2.24) is 5.32 Å². The maximum absolute atomic E-state index is 14.3. The molecule has 1 aromatic heterocycles. The van der Waals surface area contributed by atoms with Crippen LogP contribution >= 0.6 is 11.3 Å². The maximum Gasteiger partial charge on any atom is 0.336 e. The highest BCUT2D eigenvalue weighted by Crippen LogP contribution is 2.49. The molecule has 1 N–H and O–H groups in total. The number of hydrogen-bond acceptors (Lipinski definition) is 8. The van der Waals surface area contributed by atoms with Crippen molar-refractivity contribution in [1.29, 1.82) is 0 Å². The summed E-state index contributed by atoms with van der Waals surface area (Å²) < 4.78 is 16.2. The number of benzene rings is 1. The van der Waals surface area contributed by atoms with E-state index in [2.05, 4.69) is 5.32 Å².